The largest absolute Gasteiger partial charge is 0.505 e. The van der Waals surface area contributed by atoms with Crippen LogP contribution in [0.1, 0.15) is 103 Å². The molecule has 0 atom stereocenters. The van der Waals surface area contributed by atoms with Crippen LogP contribution in [0.25, 0.3) is 87.6 Å². The molecule has 0 unspecified atom stereocenters. The first-order valence-corrected chi connectivity index (χ1v) is 29.1. The zero-order valence-corrected chi connectivity index (χ0v) is 48.8. The fraction of sp³-hybridized carbons (Fsp3) is 0.179. The van der Waals surface area contributed by atoms with Crippen molar-refractivity contribution in [3.63, 3.8) is 0 Å². The third-order valence-electron chi connectivity index (χ3n) is 17.0. The van der Waals surface area contributed by atoms with Crippen molar-refractivity contribution in [1.82, 2.24) is 0 Å². The van der Waals surface area contributed by atoms with Crippen LogP contribution in [-0.2, 0) is 10.8 Å². The van der Waals surface area contributed by atoms with Gasteiger partial charge in [0.25, 0.3) is 0 Å². The summed E-state index contributed by atoms with van der Waals surface area (Å²) in [5.74, 6) is 0.923. The molecule has 4 heteroatoms. The molecule has 0 amide bonds. The lowest BCUT2D eigenvalue weighted by atomic mass is 9.86. The van der Waals surface area contributed by atoms with Crippen molar-refractivity contribution in [2.24, 2.45) is 0 Å². The predicted octanol–water partition coefficient (Wildman–Crippen LogP) is 23.0. The minimum absolute atomic E-state index is 0.0965. The normalized spacial score (nSPS) is 12.3. The summed E-state index contributed by atoms with van der Waals surface area (Å²) in [5, 5.41) is 22.0. The summed E-state index contributed by atoms with van der Waals surface area (Å²) in [5.41, 5.74) is 18.6. The van der Waals surface area contributed by atoms with Crippen molar-refractivity contribution in [3.8, 4) is 39.1 Å². The van der Waals surface area contributed by atoms with Crippen molar-refractivity contribution in [3.05, 3.63) is 247 Å². The molecule has 12 aromatic carbocycles. The number of rotatable bonds is 11. The highest BCUT2D eigenvalue weighted by atomic mass is 16.3. The van der Waals surface area contributed by atoms with Gasteiger partial charge in [-0.05, 0) is 143 Å². The van der Waals surface area contributed by atoms with Crippen molar-refractivity contribution >= 4 is 88.4 Å². The Hall–Kier alpha value is -9.12. The molecule has 0 aliphatic carbocycles. The highest BCUT2D eigenvalue weighted by Gasteiger charge is 2.28. The summed E-state index contributed by atoms with van der Waals surface area (Å²) in [6.45, 7) is 22.6. The van der Waals surface area contributed by atoms with E-state index in [2.05, 4.69) is 297 Å². The Morgan fingerprint density at radius 3 is 1.38 bits per heavy atom. The zero-order valence-electron chi connectivity index (χ0n) is 48.8. The first kappa shape index (κ1) is 52.3. The van der Waals surface area contributed by atoms with E-state index in [0.29, 0.717) is 17.5 Å². The molecule has 82 heavy (non-hydrogen) atoms. The van der Waals surface area contributed by atoms with Crippen LogP contribution in [0.15, 0.2) is 229 Å². The van der Waals surface area contributed by atoms with Crippen molar-refractivity contribution < 1.29 is 9.52 Å². The van der Waals surface area contributed by atoms with Gasteiger partial charge in [-0.3, -0.25) is 0 Å². The fourth-order valence-electron chi connectivity index (χ4n) is 12.7. The van der Waals surface area contributed by atoms with Crippen LogP contribution in [0.2, 0.25) is 0 Å². The molecule has 0 fully saturated rings. The number of anilines is 6. The van der Waals surface area contributed by atoms with E-state index in [1.807, 2.05) is 6.07 Å². The summed E-state index contributed by atoms with van der Waals surface area (Å²) < 4.78 is 7.32. The first-order chi connectivity index (χ1) is 39.5. The van der Waals surface area contributed by atoms with Gasteiger partial charge in [0.15, 0.2) is 5.58 Å². The van der Waals surface area contributed by atoms with Gasteiger partial charge >= 0.3 is 0 Å². The molecule has 0 spiro atoms. The lowest BCUT2D eigenvalue weighted by Gasteiger charge is -2.31. The Labute approximate surface area is 482 Å². The third kappa shape index (κ3) is 8.93. The molecule has 404 valence electrons. The fourth-order valence-corrected chi connectivity index (χ4v) is 12.7. The lowest BCUT2D eigenvalue weighted by molar-refractivity contribution is 0.478. The van der Waals surface area contributed by atoms with E-state index in [0.717, 1.165) is 99.6 Å². The standard InChI is InChI=1S/C78H70N2O2/c1-48(2)58-27-11-13-29-60(58)52-21-15-22-53(45-52)61-31-19-35-70(74(61)81)79(56-25-16-23-54(46-56)77(5,6)7)68-43-39-50-38-42-67-69(44-40-51-37-41-66(68)72(50)73(51)67)80(57-26-17-24-55(47-57)78(8,9)10)71-36-20-34-65-64-33-18-32-63(75(64)82-76(65)71)62-30-14-12-28-59(62)49(3)4/h11-49,81H,1-10H3. The van der Waals surface area contributed by atoms with E-state index in [4.69, 9.17) is 4.42 Å². The van der Waals surface area contributed by atoms with E-state index in [-0.39, 0.29) is 16.6 Å². The number of hydrogen-bond donors (Lipinski definition) is 1. The molecule has 13 rings (SSSR count). The van der Waals surface area contributed by atoms with E-state index in [1.54, 1.807) is 0 Å². The maximum atomic E-state index is 13.0. The Kier molecular flexibility index (Phi) is 12.8. The van der Waals surface area contributed by atoms with Gasteiger partial charge in [-0.25, -0.2) is 0 Å². The Balaban J connectivity index is 1.03. The van der Waals surface area contributed by atoms with Crippen LogP contribution in [0.4, 0.5) is 34.1 Å². The molecule has 0 saturated carbocycles. The Morgan fingerprint density at radius 1 is 0.354 bits per heavy atom. The smallest absolute Gasteiger partial charge is 0.159 e. The van der Waals surface area contributed by atoms with Crippen LogP contribution in [0, 0.1) is 0 Å². The van der Waals surface area contributed by atoms with Crippen LogP contribution in [0.3, 0.4) is 0 Å². The zero-order chi connectivity index (χ0) is 56.8. The molecule has 1 heterocycles. The molecular formula is C78H70N2O2. The van der Waals surface area contributed by atoms with Crippen LogP contribution in [0.5, 0.6) is 5.75 Å². The lowest BCUT2D eigenvalue weighted by Crippen LogP contribution is -2.15. The predicted molar refractivity (Wildman–Crippen MR) is 350 cm³/mol. The second kappa shape index (κ2) is 20.1. The number of fused-ring (bicyclic) bond motifs is 3. The number of phenolic OH excluding ortho intramolecular Hbond substituents is 1. The molecule has 0 aliphatic heterocycles. The maximum absolute atomic E-state index is 13.0. The summed E-state index contributed by atoms with van der Waals surface area (Å²) in [6, 6.07) is 81.5. The SMILES string of the molecule is CC(C)c1ccccc1-c1cccc(-c2cccc(N(c3cccc(C(C)(C)C)c3)c3ccc4ccc5c(N(c6cccc(C(C)(C)C)c6)c6cccc7c6oc6c(-c8ccccc8C(C)C)cccc67)ccc6ccc3c4c65)c2O)c1. The minimum atomic E-state index is -0.121. The number of phenols is 1. The van der Waals surface area contributed by atoms with Gasteiger partial charge in [0.2, 0.25) is 0 Å². The van der Waals surface area contributed by atoms with Gasteiger partial charge < -0.3 is 19.3 Å². The number of aromatic hydroxyl groups is 1. The van der Waals surface area contributed by atoms with Crippen LogP contribution in [-0.4, -0.2) is 5.11 Å². The molecule has 0 radical (unpaired) electrons. The molecule has 0 aliphatic rings. The van der Waals surface area contributed by atoms with Gasteiger partial charge in [-0.1, -0.05) is 239 Å². The Morgan fingerprint density at radius 2 is 0.793 bits per heavy atom. The highest BCUT2D eigenvalue weighted by molar-refractivity contribution is 6.28. The first-order valence-electron chi connectivity index (χ1n) is 29.1. The number of para-hydroxylation sites is 3. The van der Waals surface area contributed by atoms with Crippen molar-refractivity contribution in [1.29, 1.82) is 0 Å². The van der Waals surface area contributed by atoms with Gasteiger partial charge in [-0.2, -0.15) is 0 Å². The second-order valence-corrected chi connectivity index (χ2v) is 25.0. The molecule has 1 N–H and O–H groups in total. The van der Waals surface area contributed by atoms with E-state index in [1.165, 1.54) is 38.8 Å². The molecule has 1 aromatic heterocycles. The second-order valence-electron chi connectivity index (χ2n) is 25.0. The van der Waals surface area contributed by atoms with Crippen molar-refractivity contribution in [2.45, 2.75) is 91.9 Å². The van der Waals surface area contributed by atoms with E-state index < -0.39 is 0 Å². The van der Waals surface area contributed by atoms with Crippen LogP contribution >= 0.6 is 0 Å². The topological polar surface area (TPSA) is 39.9 Å². The minimum Gasteiger partial charge on any atom is -0.505 e. The quantitative estimate of drug-likeness (QED) is 0.131. The number of hydrogen-bond acceptors (Lipinski definition) is 4. The third-order valence-corrected chi connectivity index (χ3v) is 17.0. The number of benzene rings is 12. The van der Waals surface area contributed by atoms with E-state index in [9.17, 15) is 5.11 Å². The highest BCUT2D eigenvalue weighted by Crippen LogP contribution is 2.52. The summed E-state index contributed by atoms with van der Waals surface area (Å²) in [4.78, 5) is 4.71. The van der Waals surface area contributed by atoms with Gasteiger partial charge in [0.05, 0.1) is 22.7 Å². The molecule has 0 saturated heterocycles. The summed E-state index contributed by atoms with van der Waals surface area (Å²) in [7, 11) is 0. The Bertz CT molecular complexity index is 4580. The number of nitrogens with zero attached hydrogens (tertiary/aromatic N) is 2. The van der Waals surface area contributed by atoms with E-state index >= 15 is 0 Å². The summed E-state index contributed by atoms with van der Waals surface area (Å²) >= 11 is 0. The average Bonchev–Trinajstić information content (AvgIpc) is 2.15. The molecule has 4 nitrogen and oxygen atoms in total. The maximum Gasteiger partial charge on any atom is 0.159 e. The van der Waals surface area contributed by atoms with Gasteiger partial charge in [-0.15, -0.1) is 0 Å². The monoisotopic (exact) mass is 1070 g/mol. The molecule has 0 bridgehead atoms. The van der Waals surface area contributed by atoms with Gasteiger partial charge in [0, 0.05) is 44.0 Å². The van der Waals surface area contributed by atoms with Crippen molar-refractivity contribution in [2.75, 3.05) is 9.80 Å². The molecular weight excluding hydrogens is 997 g/mol. The number of furan rings is 1. The van der Waals surface area contributed by atoms with Gasteiger partial charge in [0.1, 0.15) is 11.3 Å². The van der Waals surface area contributed by atoms with Crippen LogP contribution < -0.4 is 9.80 Å². The summed E-state index contributed by atoms with van der Waals surface area (Å²) in [6.07, 6.45) is 0. The molecule has 13 aromatic rings. The average molecular weight is 1070 g/mol.